The molecule has 0 rings (SSSR count). The second-order valence-corrected chi connectivity index (χ2v) is 16.3. The van der Waals surface area contributed by atoms with Crippen LogP contribution >= 0.6 is 18.0 Å². The van der Waals surface area contributed by atoms with E-state index in [0.717, 1.165) is 0 Å². The second kappa shape index (κ2) is 2.18. The van der Waals surface area contributed by atoms with Crippen LogP contribution in [0.3, 0.4) is 0 Å². The van der Waals surface area contributed by atoms with Crippen molar-refractivity contribution in [1.29, 1.82) is 0 Å². The number of hydrogen-bond acceptors (Lipinski definition) is 0. The molecule has 52 valence electrons. The zero-order chi connectivity index (χ0) is 7.00. The molecule has 0 spiro atoms. The molecular weight excluding hydrogens is 135 g/mol. The topological polar surface area (TPSA) is 0 Å². The minimum Gasteiger partial charge on any atom is -0.252 e. The summed E-state index contributed by atoms with van der Waals surface area (Å²) in [6, 6.07) is 0. The average molecular weight is 152 g/mol. The van der Waals surface area contributed by atoms with Crippen LogP contribution in [0.15, 0.2) is 0 Å². The first-order chi connectivity index (χ1) is 3.25. The monoisotopic (exact) mass is 152 g/mol. The summed E-state index contributed by atoms with van der Waals surface area (Å²) in [6.45, 7) is 0. The molecule has 0 aromatic carbocycles. The van der Waals surface area contributed by atoms with E-state index in [4.69, 9.17) is 0 Å². The Balaban J connectivity index is 4.02. The van der Waals surface area contributed by atoms with E-state index >= 15 is 0 Å². The summed E-state index contributed by atoms with van der Waals surface area (Å²) in [4.78, 5) is 0. The van der Waals surface area contributed by atoms with E-state index in [9.17, 15) is 0 Å². The zero-order valence-corrected chi connectivity index (χ0v) is 8.45. The molecule has 0 heterocycles. The molecule has 0 saturated heterocycles. The summed E-state index contributed by atoms with van der Waals surface area (Å²) in [5.74, 6) is 0. The Morgan fingerprint density at radius 2 is 1.00 bits per heavy atom. The largest absolute Gasteiger partial charge is 0.252 e. The molecule has 0 aliphatic rings. The minimum atomic E-state index is -0.257. The first-order valence-corrected chi connectivity index (χ1v) is 8.85. The Labute approximate surface area is 56.8 Å². The fourth-order valence-corrected chi connectivity index (χ4v) is 0. The van der Waals surface area contributed by atoms with Gasteiger partial charge in [0.15, 0.2) is 7.12 Å². The summed E-state index contributed by atoms with van der Waals surface area (Å²) < 4.78 is 0. The van der Waals surface area contributed by atoms with Crippen molar-refractivity contribution in [3.63, 3.8) is 0 Å². The summed E-state index contributed by atoms with van der Waals surface area (Å²) in [7, 11) is 1.88. The lowest BCUT2D eigenvalue weighted by Gasteiger charge is -2.46. The Bertz CT molecular complexity index is 65.4. The maximum Gasteiger partial charge on any atom is 0.162 e. The quantitative estimate of drug-likeness (QED) is 0.391. The van der Waals surface area contributed by atoms with Crippen LogP contribution in [0.4, 0.5) is 0 Å². The van der Waals surface area contributed by atoms with E-state index < -0.39 is 0 Å². The van der Waals surface area contributed by atoms with Crippen LogP contribution in [0, 0.1) is 0 Å². The van der Waals surface area contributed by atoms with Crippen LogP contribution in [0.1, 0.15) is 0 Å². The van der Waals surface area contributed by atoms with Gasteiger partial charge in [0.05, 0.1) is 0 Å². The van der Waals surface area contributed by atoms with Gasteiger partial charge in [-0.15, -0.1) is 0 Å². The molecule has 0 saturated carbocycles. The molecule has 0 amide bonds. The van der Waals surface area contributed by atoms with Crippen LogP contribution in [-0.4, -0.2) is 38.4 Å². The number of rotatable bonds is 1. The lowest BCUT2D eigenvalue weighted by molar-refractivity contribution is 2.14. The fourth-order valence-electron chi connectivity index (χ4n) is 0. The Morgan fingerprint density at radius 3 is 1.00 bits per heavy atom. The van der Waals surface area contributed by atoms with Crippen LogP contribution in [0.5, 0.6) is 0 Å². The first kappa shape index (κ1) is 8.76. The molecule has 0 aromatic heterocycles. The van der Waals surface area contributed by atoms with Gasteiger partial charge in [-0.05, 0) is 31.3 Å². The molecule has 0 atom stereocenters. The van der Waals surface area contributed by atoms with Gasteiger partial charge in [0.2, 0.25) is 0 Å². The molecule has 0 fully saturated rings. The van der Waals surface area contributed by atoms with Crippen molar-refractivity contribution >= 4 is 25.1 Å². The van der Waals surface area contributed by atoms with Crippen LogP contribution in [-0.2, 0) is 0 Å². The van der Waals surface area contributed by atoms with Gasteiger partial charge in [-0.1, -0.05) is 0 Å². The fraction of sp³-hybridized carbons (Fsp3) is 1.00. The van der Waals surface area contributed by atoms with Crippen LogP contribution < -0.4 is 0 Å². The smallest absolute Gasteiger partial charge is 0.162 e. The van der Waals surface area contributed by atoms with Gasteiger partial charge in [0, 0.05) is 0 Å². The summed E-state index contributed by atoms with van der Waals surface area (Å²) in [5, 5.41) is 0. The summed E-state index contributed by atoms with van der Waals surface area (Å²) >= 11 is 0. The van der Waals surface area contributed by atoms with Crippen molar-refractivity contribution in [2.24, 2.45) is 0 Å². The molecule has 8 heavy (non-hydrogen) atoms. The van der Waals surface area contributed by atoms with E-state index in [-0.39, 0.29) is 18.0 Å². The van der Waals surface area contributed by atoms with Gasteiger partial charge < -0.3 is 0 Å². The molecule has 0 unspecified atom stereocenters. The Kier molecular flexibility index (Phi) is 2.39. The predicted octanol–water partition coefficient (Wildman–Crippen LogP) is 1.21. The van der Waals surface area contributed by atoms with Crippen molar-refractivity contribution < 1.29 is 0 Å². The highest BCUT2D eigenvalue weighted by molar-refractivity contribution is 9.13. The van der Waals surface area contributed by atoms with Crippen LogP contribution in [0.25, 0.3) is 0 Å². The maximum absolute atomic E-state index is 2.39. The molecule has 0 aliphatic carbocycles. The maximum atomic E-state index is 2.39. The van der Waals surface area contributed by atoms with E-state index in [1.54, 1.807) is 0 Å². The van der Waals surface area contributed by atoms with Gasteiger partial charge >= 0.3 is 0 Å². The molecule has 0 aromatic rings. The van der Waals surface area contributed by atoms with Crippen molar-refractivity contribution in [2.45, 2.75) is 0 Å². The zero-order valence-electron chi connectivity index (χ0n) is 6.82. The van der Waals surface area contributed by atoms with Crippen molar-refractivity contribution in [3.8, 4) is 0 Å². The van der Waals surface area contributed by atoms with Crippen molar-refractivity contribution in [2.75, 3.05) is 31.3 Å². The molecular formula is C5H17BS2. The molecule has 0 nitrogen and oxygen atoms in total. The number of hydrogen-bond donors (Lipinski definition) is 0. The lowest BCUT2D eigenvalue weighted by atomic mass is 10.8. The third-order valence-corrected chi connectivity index (χ3v) is 13.5. The van der Waals surface area contributed by atoms with Gasteiger partial charge in [0.25, 0.3) is 0 Å². The molecule has 0 bridgehead atoms. The Morgan fingerprint density at radius 1 is 0.875 bits per heavy atom. The highest BCUT2D eigenvalue weighted by atomic mass is 33.2. The third-order valence-electron chi connectivity index (χ3n) is 1.50. The molecule has 3 heteroatoms. The normalized spacial score (nSPS) is 18.1. The van der Waals surface area contributed by atoms with E-state index in [1.807, 2.05) is 0 Å². The molecule has 0 N–H and O–H groups in total. The van der Waals surface area contributed by atoms with E-state index in [0.29, 0.717) is 0 Å². The van der Waals surface area contributed by atoms with Crippen molar-refractivity contribution in [3.05, 3.63) is 0 Å². The van der Waals surface area contributed by atoms with E-state index in [2.05, 4.69) is 38.4 Å². The van der Waals surface area contributed by atoms with Gasteiger partial charge in [-0.2, -0.15) is 0 Å². The van der Waals surface area contributed by atoms with E-state index in [1.165, 1.54) is 0 Å². The first-order valence-electron chi connectivity index (χ1n) is 2.62. The highest BCUT2D eigenvalue weighted by Gasteiger charge is 2.16. The predicted molar refractivity (Wildman–Crippen MR) is 53.3 cm³/mol. The second-order valence-electron chi connectivity index (χ2n) is 3.45. The van der Waals surface area contributed by atoms with Crippen molar-refractivity contribution in [1.82, 2.24) is 0 Å². The third kappa shape index (κ3) is 2.36. The average Bonchev–Trinajstić information content (AvgIpc) is 1.25. The van der Waals surface area contributed by atoms with Crippen LogP contribution in [0.2, 0.25) is 0 Å². The van der Waals surface area contributed by atoms with Gasteiger partial charge in [-0.25, -0.2) is 9.06 Å². The molecule has 0 aliphatic heterocycles. The standard InChI is InChI=1S/C5H17BS2/c1-7(2,3)8(4,5)6/h6H2,1-5H3. The summed E-state index contributed by atoms with van der Waals surface area (Å²) in [6.07, 6.45) is 12.0. The van der Waals surface area contributed by atoms with Gasteiger partial charge in [0.1, 0.15) is 0 Å². The van der Waals surface area contributed by atoms with Gasteiger partial charge in [-0.3, -0.25) is 8.91 Å². The molecule has 0 radical (unpaired) electrons. The lowest BCUT2D eigenvalue weighted by Crippen LogP contribution is -2.03. The SMILES string of the molecule is BS(C)(C)S(C)(C)C. The minimum absolute atomic E-state index is 0.257. The Hall–Kier alpha value is 0.765. The highest BCUT2D eigenvalue weighted by Crippen LogP contribution is 2.68. The summed E-state index contributed by atoms with van der Waals surface area (Å²) in [5.41, 5.74) is 0.